The predicted octanol–water partition coefficient (Wildman–Crippen LogP) is 1.02. The van der Waals surface area contributed by atoms with Crippen LogP contribution in [-0.4, -0.2) is 61.2 Å². The van der Waals surface area contributed by atoms with Crippen LogP contribution < -0.4 is 21.9 Å². The summed E-state index contributed by atoms with van der Waals surface area (Å²) in [7, 11) is -4.00. The Hall–Kier alpha value is -3.16. The molecule has 1 aromatic carbocycles. The summed E-state index contributed by atoms with van der Waals surface area (Å²) in [6, 6.07) is 8.37. The maximum Gasteiger partial charge on any atom is 0.407 e. The number of nitrogens with zero attached hydrogens (tertiary/aromatic N) is 1. The van der Waals surface area contributed by atoms with Gasteiger partial charge in [0.1, 0.15) is 0 Å². The Morgan fingerprint density at radius 1 is 1.19 bits per heavy atom. The maximum absolute atomic E-state index is 13.0. The molecule has 1 heterocycles. The van der Waals surface area contributed by atoms with Crippen molar-refractivity contribution in [2.75, 3.05) is 26.0 Å². The zero-order valence-corrected chi connectivity index (χ0v) is 22.7. The van der Waals surface area contributed by atoms with E-state index in [0.29, 0.717) is 10.6 Å². The van der Waals surface area contributed by atoms with Crippen molar-refractivity contribution in [3.05, 3.63) is 57.5 Å². The van der Waals surface area contributed by atoms with E-state index in [2.05, 4.69) is 15.7 Å². The first-order valence-electron chi connectivity index (χ1n) is 11.9. The van der Waals surface area contributed by atoms with Gasteiger partial charge in [-0.05, 0) is 25.3 Å². The molecule has 0 spiro atoms. The minimum Gasteiger partial charge on any atom is -0.449 e. The largest absolute Gasteiger partial charge is 0.449 e. The monoisotopic (exact) mass is 539 g/mol. The molecule has 1 unspecified atom stereocenters. The van der Waals surface area contributed by atoms with E-state index in [1.807, 2.05) is 44.2 Å². The molecule has 12 nitrogen and oxygen atoms in total. The summed E-state index contributed by atoms with van der Waals surface area (Å²) in [4.78, 5) is 37.7. The molecule has 206 valence electrons. The Kier molecular flexibility index (Phi) is 10.5. The number of carbonyl (C=O) groups excluding carboxylic acids is 2. The fraction of sp³-hybridized carbons (Fsp3) is 0.542. The second-order valence-electron chi connectivity index (χ2n) is 9.75. The van der Waals surface area contributed by atoms with E-state index in [1.54, 1.807) is 0 Å². The Morgan fingerprint density at radius 2 is 1.84 bits per heavy atom. The number of H-pyrrole nitrogens is 1. The average molecular weight is 540 g/mol. The number of ether oxygens (including phenoxy) is 2. The van der Waals surface area contributed by atoms with Crippen LogP contribution in [0.3, 0.4) is 0 Å². The SMILES string of the molecule is CC(C)CNC(=O)OCCc1c(C(COCc2ccccc2)NC(=O)C(C)(C)N)[nH]n(S(C)(=O)=O)c1=O. The summed E-state index contributed by atoms with van der Waals surface area (Å²) in [6.45, 7) is 7.22. The lowest BCUT2D eigenvalue weighted by Crippen LogP contribution is -2.50. The number of rotatable bonds is 13. The van der Waals surface area contributed by atoms with Gasteiger partial charge in [0.15, 0.2) is 0 Å². The van der Waals surface area contributed by atoms with E-state index >= 15 is 0 Å². The lowest BCUT2D eigenvalue weighted by Gasteiger charge is -2.24. The summed E-state index contributed by atoms with van der Waals surface area (Å²) in [6.07, 6.45) is 0.117. The highest BCUT2D eigenvalue weighted by Gasteiger charge is 2.30. The van der Waals surface area contributed by atoms with Crippen molar-refractivity contribution in [3.8, 4) is 0 Å². The first-order chi connectivity index (χ1) is 17.2. The lowest BCUT2D eigenvalue weighted by molar-refractivity contribution is -0.126. The van der Waals surface area contributed by atoms with E-state index in [0.717, 1.165) is 11.8 Å². The average Bonchev–Trinajstić information content (AvgIpc) is 3.13. The van der Waals surface area contributed by atoms with Gasteiger partial charge in [0.05, 0.1) is 43.4 Å². The Bertz CT molecular complexity index is 1210. The van der Waals surface area contributed by atoms with Crippen molar-refractivity contribution < 1.29 is 27.5 Å². The van der Waals surface area contributed by atoms with Gasteiger partial charge in [0, 0.05) is 18.5 Å². The van der Waals surface area contributed by atoms with Crippen LogP contribution in [0, 0.1) is 5.92 Å². The smallest absolute Gasteiger partial charge is 0.407 e. The number of aromatic nitrogens is 2. The molecule has 1 atom stereocenters. The minimum absolute atomic E-state index is 0.0329. The summed E-state index contributed by atoms with van der Waals surface area (Å²) in [5.41, 5.74) is 4.89. The van der Waals surface area contributed by atoms with Crippen molar-refractivity contribution in [1.29, 1.82) is 0 Å². The van der Waals surface area contributed by atoms with Gasteiger partial charge in [0.2, 0.25) is 5.91 Å². The quantitative estimate of drug-likeness (QED) is 0.292. The standard InChI is InChI=1S/C24H37N5O7S/c1-16(2)13-26-23(32)36-12-11-18-20(28-29(21(18)30)37(5,33)34)19(27-22(31)24(3,4)25)15-35-14-17-9-7-6-8-10-17/h6-10,16,19,28H,11-15,25H2,1-5H3,(H,26,32)(H,27,31). The molecule has 0 aliphatic heterocycles. The second-order valence-corrected chi connectivity index (χ2v) is 11.6. The van der Waals surface area contributed by atoms with Gasteiger partial charge in [-0.3, -0.25) is 14.7 Å². The van der Waals surface area contributed by atoms with Gasteiger partial charge in [0.25, 0.3) is 15.6 Å². The molecule has 2 amide bonds. The third-order valence-electron chi connectivity index (χ3n) is 5.20. The van der Waals surface area contributed by atoms with E-state index in [9.17, 15) is 22.8 Å². The molecule has 13 heteroatoms. The number of benzene rings is 1. The topological polar surface area (TPSA) is 175 Å². The zero-order valence-electron chi connectivity index (χ0n) is 21.9. The summed E-state index contributed by atoms with van der Waals surface area (Å²) in [5.74, 6) is -0.318. The molecule has 2 aromatic rings. The molecule has 0 fully saturated rings. The highest BCUT2D eigenvalue weighted by molar-refractivity contribution is 7.89. The molecule has 37 heavy (non-hydrogen) atoms. The summed E-state index contributed by atoms with van der Waals surface area (Å²) in [5, 5.41) is 7.93. The van der Waals surface area contributed by atoms with E-state index in [-0.39, 0.29) is 43.4 Å². The van der Waals surface area contributed by atoms with Gasteiger partial charge in [-0.25, -0.2) is 13.2 Å². The molecule has 0 saturated carbocycles. The van der Waals surface area contributed by atoms with Crippen LogP contribution in [0.25, 0.3) is 0 Å². The molecular formula is C24H37N5O7S. The van der Waals surface area contributed by atoms with Gasteiger partial charge >= 0.3 is 6.09 Å². The fourth-order valence-electron chi connectivity index (χ4n) is 3.22. The number of alkyl carbamates (subject to hydrolysis) is 1. The van der Waals surface area contributed by atoms with Crippen molar-refractivity contribution in [2.45, 2.75) is 52.3 Å². The first-order valence-corrected chi connectivity index (χ1v) is 13.7. The van der Waals surface area contributed by atoms with Gasteiger partial charge in [-0.15, -0.1) is 4.09 Å². The molecule has 0 saturated heterocycles. The summed E-state index contributed by atoms with van der Waals surface area (Å²) >= 11 is 0. The zero-order chi connectivity index (χ0) is 27.8. The Morgan fingerprint density at radius 3 is 2.41 bits per heavy atom. The fourth-order valence-corrected chi connectivity index (χ4v) is 3.90. The highest BCUT2D eigenvalue weighted by atomic mass is 32.2. The van der Waals surface area contributed by atoms with Crippen LogP contribution >= 0.6 is 0 Å². The van der Waals surface area contributed by atoms with Crippen molar-refractivity contribution in [3.63, 3.8) is 0 Å². The van der Waals surface area contributed by atoms with E-state index in [1.165, 1.54) is 13.8 Å². The number of hydrogen-bond acceptors (Lipinski definition) is 8. The first kappa shape index (κ1) is 30.1. The van der Waals surface area contributed by atoms with Gasteiger partial charge in [-0.2, -0.15) is 0 Å². The Labute approximate surface area is 216 Å². The molecule has 5 N–H and O–H groups in total. The molecule has 0 bridgehead atoms. The third-order valence-corrected chi connectivity index (χ3v) is 6.12. The van der Waals surface area contributed by atoms with Crippen LogP contribution in [0.2, 0.25) is 0 Å². The second kappa shape index (κ2) is 12.9. The summed E-state index contributed by atoms with van der Waals surface area (Å²) < 4.78 is 35.9. The van der Waals surface area contributed by atoms with Crippen LogP contribution in [0.1, 0.15) is 50.6 Å². The van der Waals surface area contributed by atoms with Crippen LogP contribution in [0.15, 0.2) is 35.1 Å². The molecule has 0 aliphatic rings. The predicted molar refractivity (Wildman–Crippen MR) is 138 cm³/mol. The van der Waals surface area contributed by atoms with Gasteiger partial charge < -0.3 is 25.8 Å². The van der Waals surface area contributed by atoms with Crippen molar-refractivity contribution >= 4 is 22.0 Å². The molecule has 2 rings (SSSR count). The molecule has 0 radical (unpaired) electrons. The number of carbonyl (C=O) groups is 2. The van der Waals surface area contributed by atoms with Crippen LogP contribution in [-0.2, 0) is 37.3 Å². The number of aromatic amines is 1. The number of nitrogens with one attached hydrogen (secondary N) is 3. The molecule has 1 aromatic heterocycles. The van der Waals surface area contributed by atoms with Crippen molar-refractivity contribution in [1.82, 2.24) is 19.8 Å². The number of amides is 2. The van der Waals surface area contributed by atoms with Crippen LogP contribution in [0.5, 0.6) is 0 Å². The third kappa shape index (κ3) is 9.34. The van der Waals surface area contributed by atoms with Crippen molar-refractivity contribution in [2.24, 2.45) is 11.7 Å². The van der Waals surface area contributed by atoms with E-state index in [4.69, 9.17) is 15.2 Å². The van der Waals surface area contributed by atoms with Crippen LogP contribution in [0.4, 0.5) is 4.79 Å². The van der Waals surface area contributed by atoms with Gasteiger partial charge in [-0.1, -0.05) is 44.2 Å². The lowest BCUT2D eigenvalue weighted by atomic mass is 10.0. The molecule has 0 aliphatic carbocycles. The Balaban J connectivity index is 2.34. The number of hydrogen-bond donors (Lipinski definition) is 4. The maximum atomic E-state index is 13.0. The number of nitrogens with two attached hydrogens (primary N) is 1. The van der Waals surface area contributed by atoms with E-state index < -0.39 is 39.2 Å². The highest BCUT2D eigenvalue weighted by Crippen LogP contribution is 2.18. The molecular weight excluding hydrogens is 502 g/mol. The normalized spacial score (nSPS) is 12.8. The minimum atomic E-state index is -4.00.